The Morgan fingerprint density at radius 1 is 1.16 bits per heavy atom. The molecule has 2 aromatic rings. The van der Waals surface area contributed by atoms with Crippen LogP contribution in [0.1, 0.15) is 15.9 Å². The molecule has 0 aliphatic heterocycles. The molecule has 0 fully saturated rings. The van der Waals surface area contributed by atoms with Gasteiger partial charge in [0, 0.05) is 11.1 Å². The van der Waals surface area contributed by atoms with Crippen LogP contribution in [0, 0.1) is 11.6 Å². The average molecular weight is 388 g/mol. The van der Waals surface area contributed by atoms with Gasteiger partial charge < -0.3 is 4.74 Å². The second-order valence-corrected chi connectivity index (χ2v) is 6.81. The van der Waals surface area contributed by atoms with E-state index in [0.717, 1.165) is 18.6 Å². The van der Waals surface area contributed by atoms with Gasteiger partial charge in [-0.05, 0) is 29.8 Å². The van der Waals surface area contributed by atoms with Crippen molar-refractivity contribution in [3.63, 3.8) is 0 Å². The number of carbonyl (C=O) groups is 1. The number of benzene rings is 2. The second-order valence-electron chi connectivity index (χ2n) is 4.80. The van der Waals surface area contributed by atoms with Gasteiger partial charge in [0.05, 0.1) is 23.8 Å². The highest BCUT2D eigenvalue weighted by Gasteiger charge is 2.18. The van der Waals surface area contributed by atoms with Crippen molar-refractivity contribution in [2.75, 3.05) is 11.8 Å². The third-order valence-electron chi connectivity index (χ3n) is 3.02. The molecule has 2 aromatic carbocycles. The Morgan fingerprint density at radius 2 is 1.80 bits per heavy atom. The summed E-state index contributed by atoms with van der Waals surface area (Å²) < 4.78 is 57.7. The van der Waals surface area contributed by atoms with E-state index in [9.17, 15) is 22.0 Å². The van der Waals surface area contributed by atoms with Crippen LogP contribution in [0.25, 0.3) is 6.08 Å². The summed E-state index contributed by atoms with van der Waals surface area (Å²) in [6, 6.07) is 7.44. The highest BCUT2D eigenvalue weighted by molar-refractivity contribution is 7.95. The van der Waals surface area contributed by atoms with Crippen molar-refractivity contribution in [3.05, 3.63) is 69.6 Å². The lowest BCUT2D eigenvalue weighted by Crippen LogP contribution is -2.13. The summed E-state index contributed by atoms with van der Waals surface area (Å²) in [7, 11) is -3.09. The minimum atomic E-state index is -4.11. The number of methoxy groups -OCH3 is 1. The van der Waals surface area contributed by atoms with Crippen molar-refractivity contribution in [1.29, 1.82) is 0 Å². The first-order chi connectivity index (χ1) is 11.7. The molecule has 9 heteroatoms. The lowest BCUT2D eigenvalue weighted by Gasteiger charge is -2.08. The van der Waals surface area contributed by atoms with E-state index in [-0.39, 0.29) is 0 Å². The molecule has 0 saturated heterocycles. The van der Waals surface area contributed by atoms with Gasteiger partial charge in [-0.25, -0.2) is 22.0 Å². The Labute approximate surface area is 147 Å². The van der Waals surface area contributed by atoms with E-state index in [1.54, 1.807) is 24.3 Å². The normalized spacial score (nSPS) is 11.5. The molecule has 0 heterocycles. The van der Waals surface area contributed by atoms with E-state index >= 15 is 0 Å². The van der Waals surface area contributed by atoms with Crippen molar-refractivity contribution < 1.29 is 26.7 Å². The molecular weight excluding hydrogens is 376 g/mol. The van der Waals surface area contributed by atoms with Crippen molar-refractivity contribution in [2.45, 2.75) is 0 Å². The standard InChI is InChI=1S/C16H12ClF2NO4S/c1-24-16(21)12-8-15(14(19)9-13(12)18)20-25(22,23)7-6-10-2-4-11(17)5-3-10/h2-9,20H,1H3. The molecule has 0 aliphatic rings. The number of carbonyl (C=O) groups excluding carboxylic acids is 1. The fourth-order valence-electron chi connectivity index (χ4n) is 1.82. The third-order valence-corrected chi connectivity index (χ3v) is 4.27. The number of halogens is 3. The summed E-state index contributed by atoms with van der Waals surface area (Å²) in [4.78, 5) is 11.4. The lowest BCUT2D eigenvalue weighted by atomic mass is 10.2. The van der Waals surface area contributed by atoms with Crippen LogP contribution in [0.3, 0.4) is 0 Å². The number of esters is 1. The Balaban J connectivity index is 2.28. The summed E-state index contributed by atoms with van der Waals surface area (Å²) in [5.41, 5.74) is -0.629. The Hall–Kier alpha value is -2.45. The summed E-state index contributed by atoms with van der Waals surface area (Å²) in [5.74, 6) is -3.40. The van der Waals surface area contributed by atoms with Gasteiger partial charge in [0.2, 0.25) is 0 Å². The van der Waals surface area contributed by atoms with Crippen LogP contribution in [0.5, 0.6) is 0 Å². The molecule has 2 rings (SSSR count). The summed E-state index contributed by atoms with van der Waals surface area (Å²) in [6.45, 7) is 0. The maximum Gasteiger partial charge on any atom is 0.340 e. The minimum Gasteiger partial charge on any atom is -0.465 e. The lowest BCUT2D eigenvalue weighted by molar-refractivity contribution is 0.0595. The van der Waals surface area contributed by atoms with E-state index in [0.29, 0.717) is 16.7 Å². The molecule has 0 unspecified atom stereocenters. The van der Waals surface area contributed by atoms with Crippen LogP contribution in [-0.4, -0.2) is 21.5 Å². The van der Waals surface area contributed by atoms with E-state index < -0.39 is 38.9 Å². The Kier molecular flexibility index (Phi) is 5.76. The smallest absolute Gasteiger partial charge is 0.340 e. The fourth-order valence-corrected chi connectivity index (χ4v) is 2.82. The van der Waals surface area contributed by atoms with Gasteiger partial charge in [-0.1, -0.05) is 23.7 Å². The van der Waals surface area contributed by atoms with Crippen LogP contribution < -0.4 is 4.72 Å². The molecule has 0 aromatic heterocycles. The van der Waals surface area contributed by atoms with Crippen LogP contribution in [0.15, 0.2) is 41.8 Å². The number of sulfonamides is 1. The molecule has 0 bridgehead atoms. The van der Waals surface area contributed by atoms with E-state index in [1.807, 2.05) is 4.72 Å². The molecule has 0 radical (unpaired) electrons. The minimum absolute atomic E-state index is 0.396. The highest BCUT2D eigenvalue weighted by Crippen LogP contribution is 2.22. The molecule has 0 spiro atoms. The fraction of sp³-hybridized carbons (Fsp3) is 0.0625. The molecule has 132 valence electrons. The second kappa shape index (κ2) is 7.62. The number of nitrogens with one attached hydrogen (secondary N) is 1. The number of anilines is 1. The first-order valence-corrected chi connectivity index (χ1v) is 8.68. The molecule has 0 saturated carbocycles. The topological polar surface area (TPSA) is 72.5 Å². The predicted molar refractivity (Wildman–Crippen MR) is 90.7 cm³/mol. The van der Waals surface area contributed by atoms with Crippen molar-refractivity contribution in [3.8, 4) is 0 Å². The quantitative estimate of drug-likeness (QED) is 0.792. The van der Waals surface area contributed by atoms with Crippen LogP contribution >= 0.6 is 11.6 Å². The summed E-state index contributed by atoms with van der Waals surface area (Å²) in [6.07, 6.45) is 1.27. The van der Waals surface area contributed by atoms with Gasteiger partial charge in [-0.3, -0.25) is 4.72 Å². The largest absolute Gasteiger partial charge is 0.465 e. The van der Waals surface area contributed by atoms with Crippen molar-refractivity contribution in [1.82, 2.24) is 0 Å². The first kappa shape index (κ1) is 18.9. The summed E-state index contributed by atoms with van der Waals surface area (Å²) in [5, 5.41) is 1.29. The van der Waals surface area contributed by atoms with Gasteiger partial charge in [-0.2, -0.15) is 0 Å². The molecule has 25 heavy (non-hydrogen) atoms. The average Bonchev–Trinajstić information content (AvgIpc) is 2.56. The van der Waals surface area contributed by atoms with Crippen LogP contribution in [0.4, 0.5) is 14.5 Å². The molecule has 1 N–H and O–H groups in total. The van der Waals surface area contributed by atoms with Crippen LogP contribution in [0.2, 0.25) is 5.02 Å². The monoisotopic (exact) mass is 387 g/mol. The van der Waals surface area contributed by atoms with Gasteiger partial charge in [0.1, 0.15) is 11.6 Å². The van der Waals surface area contributed by atoms with E-state index in [4.69, 9.17) is 11.6 Å². The van der Waals surface area contributed by atoms with Gasteiger partial charge in [-0.15, -0.1) is 0 Å². The number of hydrogen-bond donors (Lipinski definition) is 1. The first-order valence-electron chi connectivity index (χ1n) is 6.75. The Morgan fingerprint density at radius 3 is 2.40 bits per heavy atom. The number of ether oxygens (including phenoxy) is 1. The molecule has 5 nitrogen and oxygen atoms in total. The highest BCUT2D eigenvalue weighted by atomic mass is 35.5. The maximum absolute atomic E-state index is 13.8. The van der Waals surface area contributed by atoms with E-state index in [2.05, 4.69) is 4.74 Å². The van der Waals surface area contributed by atoms with Crippen LogP contribution in [-0.2, 0) is 14.8 Å². The predicted octanol–water partition coefficient (Wildman–Crippen LogP) is 3.82. The van der Waals surface area contributed by atoms with Gasteiger partial charge >= 0.3 is 5.97 Å². The number of rotatable bonds is 5. The van der Waals surface area contributed by atoms with E-state index in [1.165, 1.54) is 6.08 Å². The van der Waals surface area contributed by atoms with Gasteiger partial charge in [0.15, 0.2) is 0 Å². The zero-order chi connectivity index (χ0) is 18.6. The molecular formula is C16H12ClF2NO4S. The SMILES string of the molecule is COC(=O)c1cc(NS(=O)(=O)C=Cc2ccc(Cl)cc2)c(F)cc1F. The van der Waals surface area contributed by atoms with Crippen molar-refractivity contribution in [2.24, 2.45) is 0 Å². The maximum atomic E-state index is 13.8. The third kappa shape index (κ3) is 5.01. The zero-order valence-electron chi connectivity index (χ0n) is 12.8. The van der Waals surface area contributed by atoms with Crippen molar-refractivity contribution >= 4 is 39.4 Å². The molecule has 0 aliphatic carbocycles. The van der Waals surface area contributed by atoms with Gasteiger partial charge in [0.25, 0.3) is 10.0 Å². The summed E-state index contributed by atoms with van der Waals surface area (Å²) >= 11 is 5.73. The number of hydrogen-bond acceptors (Lipinski definition) is 4. The zero-order valence-corrected chi connectivity index (χ0v) is 14.4. The molecule has 0 amide bonds. The Bertz CT molecular complexity index is 928. The molecule has 0 atom stereocenters.